The first-order chi connectivity index (χ1) is 8.09. The van der Waals surface area contributed by atoms with Crippen LogP contribution in [-0.4, -0.2) is 29.0 Å². The number of aromatic nitrogens is 4. The van der Waals surface area contributed by atoms with Gasteiger partial charge in [-0.1, -0.05) is 23.4 Å². The minimum atomic E-state index is -3.56. The molecule has 0 aliphatic carbocycles. The number of nitrogens with one attached hydrogen (secondary N) is 2. The Morgan fingerprint density at radius 1 is 1.29 bits per heavy atom. The van der Waals surface area contributed by atoms with Gasteiger partial charge in [0.15, 0.2) is 5.82 Å². The second kappa shape index (κ2) is 4.60. The number of tetrazole rings is 1. The third kappa shape index (κ3) is 2.66. The summed E-state index contributed by atoms with van der Waals surface area (Å²) in [4.78, 5) is 0.204. The average molecular weight is 253 g/mol. The highest BCUT2D eigenvalue weighted by Crippen LogP contribution is 2.12. The summed E-state index contributed by atoms with van der Waals surface area (Å²) >= 11 is 0. The van der Waals surface area contributed by atoms with Gasteiger partial charge in [-0.3, -0.25) is 0 Å². The van der Waals surface area contributed by atoms with Gasteiger partial charge in [0.05, 0.1) is 10.9 Å². The second-order valence-electron chi connectivity index (χ2n) is 3.43. The van der Waals surface area contributed by atoms with Gasteiger partial charge in [-0.2, -0.15) is 5.21 Å². The van der Waals surface area contributed by atoms with Crippen LogP contribution in [0.2, 0.25) is 0 Å². The molecule has 0 aliphatic rings. The van der Waals surface area contributed by atoms with Gasteiger partial charge in [0.25, 0.3) is 0 Å². The van der Waals surface area contributed by atoms with E-state index in [-0.39, 0.29) is 4.90 Å². The van der Waals surface area contributed by atoms with Crippen molar-refractivity contribution >= 4 is 10.0 Å². The number of hydrogen-bond donors (Lipinski definition) is 2. The molecular formula is C9H11N5O2S. The van der Waals surface area contributed by atoms with Crippen molar-refractivity contribution in [2.24, 2.45) is 0 Å². The van der Waals surface area contributed by atoms with E-state index < -0.39 is 16.1 Å². The molecule has 0 amide bonds. The molecule has 0 saturated heterocycles. The van der Waals surface area contributed by atoms with Crippen LogP contribution in [0.15, 0.2) is 35.2 Å². The summed E-state index contributed by atoms with van der Waals surface area (Å²) in [5, 5.41) is 13.1. The predicted octanol–water partition coefficient (Wildman–Crippen LogP) is 0.239. The number of benzene rings is 1. The van der Waals surface area contributed by atoms with Gasteiger partial charge in [0.1, 0.15) is 0 Å². The Morgan fingerprint density at radius 3 is 2.59 bits per heavy atom. The van der Waals surface area contributed by atoms with Crippen LogP contribution in [0.5, 0.6) is 0 Å². The molecule has 1 unspecified atom stereocenters. The lowest BCUT2D eigenvalue weighted by Crippen LogP contribution is -2.27. The fraction of sp³-hybridized carbons (Fsp3) is 0.222. The molecule has 1 atom stereocenters. The Balaban J connectivity index is 2.19. The minimum Gasteiger partial charge on any atom is -0.207 e. The van der Waals surface area contributed by atoms with Crippen molar-refractivity contribution in [2.45, 2.75) is 17.9 Å². The number of nitrogens with zero attached hydrogens (tertiary/aromatic N) is 3. The van der Waals surface area contributed by atoms with Gasteiger partial charge in [-0.15, -0.1) is 10.2 Å². The molecule has 0 fully saturated rings. The van der Waals surface area contributed by atoms with Crippen molar-refractivity contribution in [1.29, 1.82) is 0 Å². The third-order valence-corrected chi connectivity index (χ3v) is 3.69. The average Bonchev–Trinajstić information content (AvgIpc) is 2.83. The first-order valence-corrected chi connectivity index (χ1v) is 6.38. The molecule has 0 spiro atoms. The second-order valence-corrected chi connectivity index (χ2v) is 5.14. The summed E-state index contributed by atoms with van der Waals surface area (Å²) in [6.07, 6.45) is 0. The van der Waals surface area contributed by atoms with E-state index in [4.69, 9.17) is 0 Å². The van der Waals surface area contributed by atoms with Gasteiger partial charge in [0.2, 0.25) is 10.0 Å². The monoisotopic (exact) mass is 253 g/mol. The maximum absolute atomic E-state index is 11.9. The van der Waals surface area contributed by atoms with E-state index in [1.165, 1.54) is 12.1 Å². The quantitative estimate of drug-likeness (QED) is 0.812. The summed E-state index contributed by atoms with van der Waals surface area (Å²) in [6.45, 7) is 1.64. The largest absolute Gasteiger partial charge is 0.241 e. The molecule has 1 aromatic heterocycles. The standard InChI is InChI=1S/C9H11N5O2S/c1-7(9-10-13-14-11-9)12-17(15,16)8-5-3-2-4-6-8/h2-7,12H,1H3,(H,10,11,13,14). The number of hydrogen-bond acceptors (Lipinski definition) is 5. The molecule has 90 valence electrons. The molecular weight excluding hydrogens is 242 g/mol. The van der Waals surface area contributed by atoms with E-state index in [1.54, 1.807) is 25.1 Å². The molecule has 0 aliphatic heterocycles. The van der Waals surface area contributed by atoms with E-state index in [2.05, 4.69) is 25.3 Å². The highest BCUT2D eigenvalue weighted by atomic mass is 32.2. The van der Waals surface area contributed by atoms with Crippen LogP contribution in [0.25, 0.3) is 0 Å². The van der Waals surface area contributed by atoms with E-state index in [9.17, 15) is 8.42 Å². The van der Waals surface area contributed by atoms with Gasteiger partial charge in [0, 0.05) is 0 Å². The van der Waals surface area contributed by atoms with Crippen molar-refractivity contribution in [3.05, 3.63) is 36.2 Å². The van der Waals surface area contributed by atoms with Gasteiger partial charge in [-0.05, 0) is 19.1 Å². The lowest BCUT2D eigenvalue weighted by Gasteiger charge is -2.10. The summed E-state index contributed by atoms with van der Waals surface area (Å²) < 4.78 is 26.3. The molecule has 0 radical (unpaired) electrons. The number of aromatic amines is 1. The van der Waals surface area contributed by atoms with Crippen LogP contribution in [-0.2, 0) is 10.0 Å². The summed E-state index contributed by atoms with van der Waals surface area (Å²) in [5.74, 6) is 0.296. The molecule has 0 bridgehead atoms. The van der Waals surface area contributed by atoms with E-state index in [0.29, 0.717) is 5.82 Å². The Hall–Kier alpha value is -1.80. The Kier molecular flexibility index (Phi) is 3.16. The molecule has 1 aromatic carbocycles. The van der Waals surface area contributed by atoms with Crippen molar-refractivity contribution < 1.29 is 8.42 Å². The molecule has 0 saturated carbocycles. The SMILES string of the molecule is CC(NS(=O)(=O)c1ccccc1)c1nn[nH]n1. The fourth-order valence-electron chi connectivity index (χ4n) is 1.31. The Labute approximate surface area is 98.3 Å². The lowest BCUT2D eigenvalue weighted by molar-refractivity contribution is 0.560. The van der Waals surface area contributed by atoms with Gasteiger partial charge >= 0.3 is 0 Å². The van der Waals surface area contributed by atoms with Crippen molar-refractivity contribution in [3.8, 4) is 0 Å². The highest BCUT2D eigenvalue weighted by molar-refractivity contribution is 7.89. The normalized spacial score (nSPS) is 13.5. The maximum Gasteiger partial charge on any atom is 0.241 e. The zero-order valence-corrected chi connectivity index (χ0v) is 9.85. The molecule has 2 rings (SSSR count). The number of H-pyrrole nitrogens is 1. The zero-order chi connectivity index (χ0) is 12.3. The minimum absolute atomic E-state index is 0.204. The topological polar surface area (TPSA) is 101 Å². The van der Waals surface area contributed by atoms with Gasteiger partial charge in [-0.25, -0.2) is 13.1 Å². The smallest absolute Gasteiger partial charge is 0.207 e. The molecule has 8 heteroatoms. The van der Waals surface area contributed by atoms with Crippen LogP contribution < -0.4 is 4.72 Å². The molecule has 2 N–H and O–H groups in total. The highest BCUT2D eigenvalue weighted by Gasteiger charge is 2.20. The molecule has 1 heterocycles. The maximum atomic E-state index is 11.9. The van der Waals surface area contributed by atoms with Crippen molar-refractivity contribution in [1.82, 2.24) is 25.3 Å². The molecule has 17 heavy (non-hydrogen) atoms. The number of sulfonamides is 1. The van der Waals surface area contributed by atoms with Crippen LogP contribution >= 0.6 is 0 Å². The van der Waals surface area contributed by atoms with Crippen LogP contribution in [0.4, 0.5) is 0 Å². The van der Waals surface area contributed by atoms with Gasteiger partial charge < -0.3 is 0 Å². The van der Waals surface area contributed by atoms with E-state index in [0.717, 1.165) is 0 Å². The third-order valence-electron chi connectivity index (χ3n) is 2.13. The van der Waals surface area contributed by atoms with Crippen LogP contribution in [0.3, 0.4) is 0 Å². The van der Waals surface area contributed by atoms with E-state index >= 15 is 0 Å². The predicted molar refractivity (Wildman–Crippen MR) is 59.4 cm³/mol. The first kappa shape index (κ1) is 11.7. The lowest BCUT2D eigenvalue weighted by atomic mass is 10.4. The molecule has 7 nitrogen and oxygen atoms in total. The summed E-state index contributed by atoms with van der Waals surface area (Å²) in [5.41, 5.74) is 0. The molecule has 2 aromatic rings. The number of rotatable bonds is 4. The first-order valence-electron chi connectivity index (χ1n) is 4.90. The zero-order valence-electron chi connectivity index (χ0n) is 9.03. The Bertz CT molecular complexity index is 567. The fourth-order valence-corrected chi connectivity index (χ4v) is 2.53. The van der Waals surface area contributed by atoms with Crippen LogP contribution in [0.1, 0.15) is 18.8 Å². The van der Waals surface area contributed by atoms with Crippen LogP contribution in [0, 0.1) is 0 Å². The summed E-state index contributed by atoms with van der Waals surface area (Å²) in [6, 6.07) is 7.57. The summed E-state index contributed by atoms with van der Waals surface area (Å²) in [7, 11) is -3.56. The Morgan fingerprint density at radius 2 is 2.00 bits per heavy atom. The van der Waals surface area contributed by atoms with E-state index in [1.807, 2.05) is 0 Å². The van der Waals surface area contributed by atoms with Crippen molar-refractivity contribution in [3.63, 3.8) is 0 Å². The van der Waals surface area contributed by atoms with Crippen molar-refractivity contribution in [2.75, 3.05) is 0 Å².